The first-order valence-corrected chi connectivity index (χ1v) is 24.1. The summed E-state index contributed by atoms with van der Waals surface area (Å²) in [6, 6.07) is 97.5. The van der Waals surface area contributed by atoms with E-state index in [0.717, 1.165) is 66.9 Å². The van der Waals surface area contributed by atoms with Crippen LogP contribution < -0.4 is 9.80 Å². The van der Waals surface area contributed by atoms with E-state index in [1.165, 1.54) is 55.9 Å². The van der Waals surface area contributed by atoms with Crippen LogP contribution in [-0.4, -0.2) is 0 Å². The predicted octanol–water partition coefficient (Wildman–Crippen LogP) is 18.2. The molecule has 0 unspecified atom stereocenters. The quantitative estimate of drug-likeness (QED) is 0.159. The van der Waals surface area contributed by atoms with Crippen LogP contribution in [0.15, 0.2) is 271 Å². The van der Waals surface area contributed by atoms with Crippen LogP contribution >= 0.6 is 0 Å². The summed E-state index contributed by atoms with van der Waals surface area (Å²) in [5.74, 6) is 0. The number of benzene rings is 11. The minimum Gasteiger partial charge on any atom is -0.456 e. The topological polar surface area (TPSA) is 19.6 Å². The first-order chi connectivity index (χ1) is 34.8. The van der Waals surface area contributed by atoms with E-state index in [2.05, 4.69) is 271 Å². The Morgan fingerprint density at radius 1 is 0.314 bits per heavy atom. The van der Waals surface area contributed by atoms with Gasteiger partial charge in [0, 0.05) is 33.2 Å². The van der Waals surface area contributed by atoms with E-state index in [0.29, 0.717) is 0 Å². The number of hydrogen-bond donors (Lipinski definition) is 0. The van der Waals surface area contributed by atoms with E-state index in [9.17, 15) is 0 Å². The van der Waals surface area contributed by atoms with E-state index in [1.807, 2.05) is 6.07 Å². The molecular weight excluding hydrogens is 849 g/mol. The van der Waals surface area contributed by atoms with Gasteiger partial charge in [-0.15, -0.1) is 0 Å². The molecule has 70 heavy (non-hydrogen) atoms. The molecule has 11 aromatic carbocycles. The van der Waals surface area contributed by atoms with Crippen molar-refractivity contribution >= 4 is 56.1 Å². The SMILES string of the molecule is c1ccc(-c2ccc(-c3ccccc3N(c3ccccc3-c3ccc4oc5ccccc5c4c3)c3cccc4c3-c3ccccc3C43c4ccccc4N(c4ccccc4)c4ccccc43)cc2)cc1. The van der Waals surface area contributed by atoms with Gasteiger partial charge in [-0.1, -0.05) is 206 Å². The summed E-state index contributed by atoms with van der Waals surface area (Å²) in [7, 11) is 0. The second-order valence-electron chi connectivity index (χ2n) is 18.3. The average Bonchev–Trinajstić information content (AvgIpc) is 3.96. The Labute approximate surface area is 407 Å². The van der Waals surface area contributed by atoms with Crippen molar-refractivity contribution in [3.63, 3.8) is 0 Å². The van der Waals surface area contributed by atoms with Crippen LogP contribution in [0.25, 0.3) is 66.4 Å². The van der Waals surface area contributed by atoms with Crippen molar-refractivity contribution in [2.45, 2.75) is 5.41 Å². The summed E-state index contributed by atoms with van der Waals surface area (Å²) in [5.41, 5.74) is 22.3. The third kappa shape index (κ3) is 5.95. The number of furan rings is 1. The lowest BCUT2D eigenvalue weighted by molar-refractivity contribution is 0.669. The summed E-state index contributed by atoms with van der Waals surface area (Å²) in [6.45, 7) is 0. The van der Waals surface area contributed by atoms with Gasteiger partial charge in [0.1, 0.15) is 11.2 Å². The average molecular weight is 893 g/mol. The van der Waals surface area contributed by atoms with Crippen LogP contribution in [0.2, 0.25) is 0 Å². The molecule has 0 fully saturated rings. The van der Waals surface area contributed by atoms with Gasteiger partial charge in [-0.3, -0.25) is 0 Å². The van der Waals surface area contributed by atoms with Crippen LogP contribution in [0.1, 0.15) is 22.3 Å². The molecule has 1 aromatic heterocycles. The molecule has 3 heteroatoms. The molecule has 328 valence electrons. The fourth-order valence-corrected chi connectivity index (χ4v) is 11.8. The zero-order valence-corrected chi connectivity index (χ0v) is 38.2. The lowest BCUT2D eigenvalue weighted by Gasteiger charge is -2.45. The van der Waals surface area contributed by atoms with Gasteiger partial charge < -0.3 is 14.2 Å². The molecule has 0 N–H and O–H groups in total. The van der Waals surface area contributed by atoms with Crippen LogP contribution in [-0.2, 0) is 5.41 Å². The molecule has 0 radical (unpaired) electrons. The van der Waals surface area contributed by atoms with Gasteiger partial charge in [0.15, 0.2) is 0 Å². The fraction of sp³-hybridized carbons (Fsp3) is 0.0149. The highest BCUT2D eigenvalue weighted by Crippen LogP contribution is 2.65. The minimum atomic E-state index is -0.619. The zero-order valence-electron chi connectivity index (χ0n) is 38.2. The standard InChI is InChI=1S/C67H44N2O/c1-3-20-45(21-4-1)46-38-40-47(41-39-46)50-24-8-14-32-59(50)69(60-33-15-9-25-51(60)48-42-43-65-54(44-48)52-26-10-18-37-64(52)70-65)63-36-19-31-58-66(63)53-27-7-11-28-55(53)67(58)56-29-12-16-34-61(56)68(49-22-5-2-6-23-49)62-35-17-13-30-57(62)67/h1-44H. The molecule has 0 saturated heterocycles. The molecule has 0 bridgehead atoms. The minimum absolute atomic E-state index is 0.619. The van der Waals surface area contributed by atoms with Gasteiger partial charge in [0.2, 0.25) is 0 Å². The molecule has 2 aliphatic rings. The Bertz CT molecular complexity index is 3920. The van der Waals surface area contributed by atoms with E-state index in [1.54, 1.807) is 0 Å². The smallest absolute Gasteiger partial charge is 0.135 e. The highest BCUT2D eigenvalue weighted by atomic mass is 16.3. The Balaban J connectivity index is 1.05. The molecule has 1 spiro atoms. The van der Waals surface area contributed by atoms with Crippen molar-refractivity contribution in [3.8, 4) is 44.5 Å². The van der Waals surface area contributed by atoms with Crippen molar-refractivity contribution in [2.24, 2.45) is 0 Å². The van der Waals surface area contributed by atoms with Gasteiger partial charge in [-0.25, -0.2) is 0 Å². The van der Waals surface area contributed by atoms with E-state index < -0.39 is 5.41 Å². The van der Waals surface area contributed by atoms with Crippen molar-refractivity contribution in [2.75, 3.05) is 9.80 Å². The molecule has 0 amide bonds. The monoisotopic (exact) mass is 892 g/mol. The normalized spacial score (nSPS) is 12.9. The molecular formula is C67H44N2O. The molecule has 0 saturated carbocycles. The highest BCUT2D eigenvalue weighted by Gasteiger charge is 2.52. The number of para-hydroxylation sites is 6. The van der Waals surface area contributed by atoms with E-state index in [4.69, 9.17) is 4.42 Å². The maximum atomic E-state index is 6.37. The van der Waals surface area contributed by atoms with Crippen molar-refractivity contribution < 1.29 is 4.42 Å². The van der Waals surface area contributed by atoms with Crippen molar-refractivity contribution in [1.29, 1.82) is 0 Å². The van der Waals surface area contributed by atoms with Gasteiger partial charge in [-0.2, -0.15) is 0 Å². The lowest BCUT2D eigenvalue weighted by Crippen LogP contribution is -2.36. The summed E-state index contributed by atoms with van der Waals surface area (Å²) in [4.78, 5) is 4.99. The Morgan fingerprint density at radius 3 is 1.51 bits per heavy atom. The lowest BCUT2D eigenvalue weighted by atomic mass is 9.64. The zero-order chi connectivity index (χ0) is 46.2. The number of anilines is 6. The van der Waals surface area contributed by atoms with E-state index >= 15 is 0 Å². The number of rotatable bonds is 7. The second-order valence-corrected chi connectivity index (χ2v) is 18.3. The summed E-state index contributed by atoms with van der Waals surface area (Å²) >= 11 is 0. The molecule has 12 aromatic rings. The largest absolute Gasteiger partial charge is 0.456 e. The second kappa shape index (κ2) is 16.0. The van der Waals surface area contributed by atoms with Crippen LogP contribution in [0.5, 0.6) is 0 Å². The first-order valence-electron chi connectivity index (χ1n) is 24.1. The number of fused-ring (bicyclic) bond motifs is 12. The molecule has 0 atom stereocenters. The predicted molar refractivity (Wildman–Crippen MR) is 290 cm³/mol. The summed E-state index contributed by atoms with van der Waals surface area (Å²) in [6.07, 6.45) is 0. The molecule has 2 heterocycles. The van der Waals surface area contributed by atoms with Gasteiger partial charge in [0.25, 0.3) is 0 Å². The van der Waals surface area contributed by atoms with Crippen LogP contribution in [0.3, 0.4) is 0 Å². The number of hydrogen-bond acceptors (Lipinski definition) is 3. The summed E-state index contributed by atoms with van der Waals surface area (Å²) in [5, 5.41) is 2.21. The van der Waals surface area contributed by atoms with Gasteiger partial charge in [0.05, 0.1) is 33.9 Å². The maximum absolute atomic E-state index is 6.37. The van der Waals surface area contributed by atoms with Crippen molar-refractivity contribution in [1.82, 2.24) is 0 Å². The van der Waals surface area contributed by atoms with Crippen LogP contribution in [0.4, 0.5) is 34.1 Å². The van der Waals surface area contributed by atoms with Gasteiger partial charge >= 0.3 is 0 Å². The van der Waals surface area contributed by atoms with E-state index in [-0.39, 0.29) is 0 Å². The Kier molecular flexibility index (Phi) is 9.11. The molecule has 14 rings (SSSR count). The third-order valence-electron chi connectivity index (χ3n) is 14.7. The van der Waals surface area contributed by atoms with Crippen molar-refractivity contribution in [3.05, 3.63) is 289 Å². The number of nitrogens with zero attached hydrogens (tertiary/aromatic N) is 2. The molecule has 1 aliphatic heterocycles. The maximum Gasteiger partial charge on any atom is 0.135 e. The van der Waals surface area contributed by atoms with Crippen LogP contribution in [0, 0.1) is 0 Å². The first kappa shape index (κ1) is 39.9. The highest BCUT2D eigenvalue weighted by molar-refractivity contribution is 6.08. The summed E-state index contributed by atoms with van der Waals surface area (Å²) < 4.78 is 6.37. The Hall–Kier alpha value is -9.18. The Morgan fingerprint density at radius 2 is 0.800 bits per heavy atom. The molecule has 3 nitrogen and oxygen atoms in total. The fourth-order valence-electron chi connectivity index (χ4n) is 11.8. The van der Waals surface area contributed by atoms with Gasteiger partial charge in [-0.05, 0) is 111 Å². The molecule has 1 aliphatic carbocycles. The third-order valence-corrected chi connectivity index (χ3v) is 14.7.